The summed E-state index contributed by atoms with van der Waals surface area (Å²) in [6, 6.07) is 0. The maximum Gasteiger partial charge on any atom is 0.0159 e. The number of rotatable bonds is 1. The molecule has 1 unspecified atom stereocenters. The first-order chi connectivity index (χ1) is 6.24. The molecular formula is C10H20N2S. The highest BCUT2D eigenvalue weighted by Gasteiger charge is 2.40. The third-order valence-corrected chi connectivity index (χ3v) is 4.34. The van der Waals surface area contributed by atoms with Crippen LogP contribution >= 0.6 is 11.9 Å². The predicted octanol–water partition coefficient (Wildman–Crippen LogP) is 1.68. The van der Waals surface area contributed by atoms with Crippen molar-refractivity contribution in [2.75, 3.05) is 39.5 Å². The van der Waals surface area contributed by atoms with Gasteiger partial charge in [-0.3, -0.25) is 4.31 Å². The second-order valence-electron chi connectivity index (χ2n) is 4.64. The molecule has 0 bridgehead atoms. The first-order valence-electron chi connectivity index (χ1n) is 5.22. The molecule has 1 atom stereocenters. The van der Waals surface area contributed by atoms with Crippen LogP contribution in [0, 0.1) is 5.41 Å². The first-order valence-corrected chi connectivity index (χ1v) is 6.40. The summed E-state index contributed by atoms with van der Waals surface area (Å²) in [5.74, 6) is 0. The number of nitrogens with zero attached hydrogens (tertiary/aromatic N) is 2. The van der Waals surface area contributed by atoms with Crippen LogP contribution < -0.4 is 0 Å². The van der Waals surface area contributed by atoms with E-state index in [9.17, 15) is 0 Å². The Kier molecular flexibility index (Phi) is 2.86. The minimum Gasteiger partial charge on any atom is -0.306 e. The number of likely N-dealkylation sites (tertiary alicyclic amines) is 1. The molecule has 2 fully saturated rings. The smallest absolute Gasteiger partial charge is 0.0159 e. The van der Waals surface area contributed by atoms with E-state index in [2.05, 4.69) is 22.5 Å². The van der Waals surface area contributed by atoms with Crippen LogP contribution in [0.2, 0.25) is 0 Å². The molecule has 0 radical (unpaired) electrons. The molecule has 2 saturated heterocycles. The van der Waals surface area contributed by atoms with E-state index in [1.807, 2.05) is 11.9 Å². The summed E-state index contributed by atoms with van der Waals surface area (Å²) in [5, 5.41) is 0. The summed E-state index contributed by atoms with van der Waals surface area (Å²) < 4.78 is 2.53. The Bertz CT molecular complexity index is 186. The number of piperidine rings is 1. The molecule has 2 aliphatic heterocycles. The van der Waals surface area contributed by atoms with Gasteiger partial charge in [-0.15, -0.1) is 0 Å². The van der Waals surface area contributed by atoms with Crippen LogP contribution in [0.15, 0.2) is 0 Å². The van der Waals surface area contributed by atoms with Crippen molar-refractivity contribution in [2.45, 2.75) is 19.3 Å². The van der Waals surface area contributed by atoms with E-state index in [0.717, 1.165) is 0 Å². The van der Waals surface area contributed by atoms with E-state index in [0.29, 0.717) is 5.41 Å². The van der Waals surface area contributed by atoms with Gasteiger partial charge >= 0.3 is 0 Å². The summed E-state index contributed by atoms with van der Waals surface area (Å²) in [4.78, 5) is 2.51. The summed E-state index contributed by atoms with van der Waals surface area (Å²) in [7, 11) is 2.27. The van der Waals surface area contributed by atoms with Crippen molar-refractivity contribution < 1.29 is 0 Å². The zero-order chi connectivity index (χ0) is 9.31. The number of hydrogen-bond donors (Lipinski definition) is 0. The van der Waals surface area contributed by atoms with Gasteiger partial charge in [-0.25, -0.2) is 0 Å². The van der Waals surface area contributed by atoms with Crippen molar-refractivity contribution in [2.24, 2.45) is 5.41 Å². The van der Waals surface area contributed by atoms with Gasteiger partial charge in [0.2, 0.25) is 0 Å². The molecule has 1 spiro atoms. The lowest BCUT2D eigenvalue weighted by molar-refractivity contribution is 0.122. The third-order valence-electron chi connectivity index (χ3n) is 3.51. The van der Waals surface area contributed by atoms with Crippen LogP contribution in [-0.4, -0.2) is 48.7 Å². The molecule has 76 valence electrons. The quantitative estimate of drug-likeness (QED) is 0.595. The second kappa shape index (κ2) is 3.79. The Morgan fingerprint density at radius 1 is 1.15 bits per heavy atom. The lowest BCUT2D eigenvalue weighted by Gasteiger charge is -2.38. The van der Waals surface area contributed by atoms with Crippen molar-refractivity contribution in [3.8, 4) is 0 Å². The van der Waals surface area contributed by atoms with Crippen LogP contribution in [-0.2, 0) is 0 Å². The van der Waals surface area contributed by atoms with Crippen LogP contribution in [0.1, 0.15) is 19.3 Å². The molecule has 0 aromatic carbocycles. The van der Waals surface area contributed by atoms with E-state index in [1.165, 1.54) is 45.4 Å². The molecule has 3 heteroatoms. The fourth-order valence-electron chi connectivity index (χ4n) is 2.84. The molecule has 0 N–H and O–H groups in total. The Hall–Kier alpha value is 0.270. The Balaban J connectivity index is 1.97. The lowest BCUT2D eigenvalue weighted by atomic mass is 9.79. The fraction of sp³-hybridized carbons (Fsp3) is 1.00. The highest BCUT2D eigenvalue weighted by Crippen LogP contribution is 2.40. The van der Waals surface area contributed by atoms with Gasteiger partial charge < -0.3 is 4.90 Å². The van der Waals surface area contributed by atoms with Gasteiger partial charge in [-0.2, -0.15) is 0 Å². The van der Waals surface area contributed by atoms with E-state index in [1.54, 1.807) is 0 Å². The molecule has 13 heavy (non-hydrogen) atoms. The summed E-state index contributed by atoms with van der Waals surface area (Å²) >= 11 is 1.92. The summed E-state index contributed by atoms with van der Waals surface area (Å²) in [6.07, 6.45) is 6.47. The second-order valence-corrected chi connectivity index (χ2v) is 5.52. The van der Waals surface area contributed by atoms with Gasteiger partial charge in [0.25, 0.3) is 0 Å². The van der Waals surface area contributed by atoms with Gasteiger partial charge in [-0.1, -0.05) is 11.9 Å². The van der Waals surface area contributed by atoms with Crippen LogP contribution in [0.3, 0.4) is 0 Å². The highest BCUT2D eigenvalue weighted by atomic mass is 32.2. The summed E-state index contributed by atoms with van der Waals surface area (Å²) in [6.45, 7) is 5.25. The van der Waals surface area contributed by atoms with Crippen molar-refractivity contribution >= 4 is 11.9 Å². The zero-order valence-electron chi connectivity index (χ0n) is 8.75. The minimum atomic E-state index is 0.649. The zero-order valence-corrected chi connectivity index (χ0v) is 9.57. The van der Waals surface area contributed by atoms with E-state index >= 15 is 0 Å². The maximum atomic E-state index is 2.53. The monoisotopic (exact) mass is 200 g/mol. The Labute approximate surface area is 85.8 Å². The average molecular weight is 200 g/mol. The number of hydrogen-bond acceptors (Lipinski definition) is 3. The highest BCUT2D eigenvalue weighted by molar-refractivity contribution is 7.96. The normalized spacial score (nSPS) is 37.4. The van der Waals surface area contributed by atoms with Gasteiger partial charge in [0.05, 0.1) is 0 Å². The standard InChI is InChI=1S/C10H20N2S/c1-11-6-3-4-10(8-11)5-7-12(9-10)13-2/h3-9H2,1-2H3. The maximum absolute atomic E-state index is 2.53. The van der Waals surface area contributed by atoms with Gasteiger partial charge in [0.15, 0.2) is 0 Å². The van der Waals surface area contributed by atoms with Gasteiger partial charge in [0, 0.05) is 19.6 Å². The van der Waals surface area contributed by atoms with Crippen LogP contribution in [0.4, 0.5) is 0 Å². The molecule has 0 aliphatic carbocycles. The first kappa shape index (κ1) is 9.81. The van der Waals surface area contributed by atoms with Gasteiger partial charge in [0.1, 0.15) is 0 Å². The molecule has 0 saturated carbocycles. The van der Waals surface area contributed by atoms with Crippen molar-refractivity contribution in [3.05, 3.63) is 0 Å². The summed E-state index contributed by atoms with van der Waals surface area (Å²) in [5.41, 5.74) is 0.649. The van der Waals surface area contributed by atoms with E-state index in [4.69, 9.17) is 0 Å². The fourth-order valence-corrected chi connectivity index (χ4v) is 3.51. The van der Waals surface area contributed by atoms with E-state index < -0.39 is 0 Å². The third kappa shape index (κ3) is 2.03. The molecule has 0 aromatic heterocycles. The van der Waals surface area contributed by atoms with Crippen molar-refractivity contribution in [1.82, 2.24) is 9.21 Å². The average Bonchev–Trinajstić information content (AvgIpc) is 2.48. The Morgan fingerprint density at radius 3 is 2.62 bits per heavy atom. The molecule has 2 heterocycles. The van der Waals surface area contributed by atoms with Crippen LogP contribution in [0.25, 0.3) is 0 Å². The minimum absolute atomic E-state index is 0.649. The van der Waals surface area contributed by atoms with Gasteiger partial charge in [-0.05, 0) is 44.5 Å². The topological polar surface area (TPSA) is 6.48 Å². The SMILES string of the molecule is CSN1CCC2(CCCN(C)C2)C1. The van der Waals surface area contributed by atoms with E-state index in [-0.39, 0.29) is 0 Å². The Morgan fingerprint density at radius 2 is 2.00 bits per heavy atom. The molecule has 2 aliphatic rings. The molecule has 2 nitrogen and oxygen atoms in total. The van der Waals surface area contributed by atoms with Crippen LogP contribution in [0.5, 0.6) is 0 Å². The molecule has 2 rings (SSSR count). The lowest BCUT2D eigenvalue weighted by Crippen LogP contribution is -2.42. The molecule has 0 aromatic rings. The van der Waals surface area contributed by atoms with Crippen molar-refractivity contribution in [1.29, 1.82) is 0 Å². The predicted molar refractivity (Wildman–Crippen MR) is 58.9 cm³/mol. The molecule has 0 amide bonds. The van der Waals surface area contributed by atoms with Crippen molar-refractivity contribution in [3.63, 3.8) is 0 Å². The largest absolute Gasteiger partial charge is 0.306 e. The molecular weight excluding hydrogens is 180 g/mol.